The highest BCUT2D eigenvalue weighted by Crippen LogP contribution is 2.20. The third-order valence-electron chi connectivity index (χ3n) is 3.92. The molecule has 106 valence electrons. The molecule has 0 spiro atoms. The van der Waals surface area contributed by atoms with Crippen LogP contribution in [0.2, 0.25) is 0 Å². The molecule has 0 radical (unpaired) electrons. The van der Waals surface area contributed by atoms with Gasteiger partial charge in [-0.3, -0.25) is 4.79 Å². The van der Waals surface area contributed by atoms with E-state index in [-0.39, 0.29) is 11.8 Å². The number of hydrogen-bond donors (Lipinski definition) is 2. The van der Waals surface area contributed by atoms with Crippen molar-refractivity contribution in [1.29, 1.82) is 0 Å². The van der Waals surface area contributed by atoms with Crippen LogP contribution in [0.25, 0.3) is 0 Å². The topological polar surface area (TPSA) is 55.1 Å². The molecule has 0 bridgehead atoms. The monoisotopic (exact) mass is 262 g/mol. The normalized spacial score (nSPS) is 15.6. The number of nitrogens with two attached hydrogens (primary N) is 1. The van der Waals surface area contributed by atoms with E-state index in [0.29, 0.717) is 5.92 Å². The van der Waals surface area contributed by atoms with Gasteiger partial charge >= 0.3 is 0 Å². The number of amides is 1. The molecule has 0 saturated heterocycles. The molecule has 19 heavy (non-hydrogen) atoms. The molecule has 3 heteroatoms. The SMILES string of the molecule is CCC(C)c1ccc(NC(=O)C(N)C(C)CC)cc1. The summed E-state index contributed by atoms with van der Waals surface area (Å²) in [7, 11) is 0. The van der Waals surface area contributed by atoms with Gasteiger partial charge in [0.25, 0.3) is 0 Å². The van der Waals surface area contributed by atoms with E-state index in [1.54, 1.807) is 0 Å². The lowest BCUT2D eigenvalue weighted by atomic mass is 9.98. The lowest BCUT2D eigenvalue weighted by molar-refractivity contribution is -0.118. The van der Waals surface area contributed by atoms with Gasteiger partial charge in [-0.25, -0.2) is 0 Å². The third-order valence-corrected chi connectivity index (χ3v) is 3.92. The smallest absolute Gasteiger partial charge is 0.241 e. The maximum Gasteiger partial charge on any atom is 0.241 e. The van der Waals surface area contributed by atoms with E-state index >= 15 is 0 Å². The van der Waals surface area contributed by atoms with Crippen LogP contribution in [0.1, 0.15) is 52.0 Å². The zero-order valence-electron chi connectivity index (χ0n) is 12.4. The minimum Gasteiger partial charge on any atom is -0.325 e. The maximum absolute atomic E-state index is 12.0. The first-order valence-electron chi connectivity index (χ1n) is 7.15. The van der Waals surface area contributed by atoms with Crippen molar-refractivity contribution < 1.29 is 4.79 Å². The van der Waals surface area contributed by atoms with Gasteiger partial charge in [0.1, 0.15) is 0 Å². The number of rotatable bonds is 6. The molecule has 0 aliphatic rings. The van der Waals surface area contributed by atoms with E-state index < -0.39 is 6.04 Å². The van der Waals surface area contributed by atoms with Crippen LogP contribution in [0.15, 0.2) is 24.3 Å². The Morgan fingerprint density at radius 1 is 1.16 bits per heavy atom. The lowest BCUT2D eigenvalue weighted by Crippen LogP contribution is -2.40. The summed E-state index contributed by atoms with van der Waals surface area (Å²) >= 11 is 0. The average molecular weight is 262 g/mol. The molecule has 0 fully saturated rings. The minimum atomic E-state index is -0.445. The van der Waals surface area contributed by atoms with E-state index in [9.17, 15) is 4.79 Å². The summed E-state index contributed by atoms with van der Waals surface area (Å²) in [5, 5.41) is 2.88. The first-order chi connectivity index (χ1) is 8.99. The number of benzene rings is 1. The molecule has 3 N–H and O–H groups in total. The second kappa shape index (κ2) is 7.29. The van der Waals surface area contributed by atoms with Crippen LogP contribution in [0, 0.1) is 5.92 Å². The van der Waals surface area contributed by atoms with Gasteiger partial charge in [-0.1, -0.05) is 46.2 Å². The molecule has 0 heterocycles. The molecule has 1 amide bonds. The van der Waals surface area contributed by atoms with Crippen LogP contribution in [-0.2, 0) is 4.79 Å². The molecule has 0 aromatic heterocycles. The summed E-state index contributed by atoms with van der Waals surface area (Å²) in [5.41, 5.74) is 8.02. The van der Waals surface area contributed by atoms with Gasteiger partial charge in [0.05, 0.1) is 6.04 Å². The van der Waals surface area contributed by atoms with Gasteiger partial charge in [0.15, 0.2) is 0 Å². The van der Waals surface area contributed by atoms with Crippen molar-refractivity contribution in [1.82, 2.24) is 0 Å². The molecule has 1 aromatic carbocycles. The van der Waals surface area contributed by atoms with Crippen molar-refractivity contribution in [2.45, 2.75) is 52.5 Å². The summed E-state index contributed by atoms with van der Waals surface area (Å²) in [5.74, 6) is 0.636. The second-order valence-corrected chi connectivity index (χ2v) is 5.33. The predicted octanol–water partition coefficient (Wildman–Crippen LogP) is 3.51. The van der Waals surface area contributed by atoms with E-state index in [2.05, 4.69) is 31.3 Å². The highest BCUT2D eigenvalue weighted by molar-refractivity contribution is 5.94. The molecule has 3 atom stereocenters. The van der Waals surface area contributed by atoms with Crippen LogP contribution in [0.3, 0.4) is 0 Å². The standard InChI is InChI=1S/C16H26N2O/c1-5-11(3)13-7-9-14(10-8-13)18-16(19)15(17)12(4)6-2/h7-12,15H,5-6,17H2,1-4H3,(H,18,19). The van der Waals surface area contributed by atoms with Gasteiger partial charge in [0, 0.05) is 5.69 Å². The molecule has 0 aliphatic heterocycles. The quantitative estimate of drug-likeness (QED) is 0.824. The van der Waals surface area contributed by atoms with Gasteiger partial charge in [0.2, 0.25) is 5.91 Å². The third kappa shape index (κ3) is 4.35. The largest absolute Gasteiger partial charge is 0.325 e. The highest BCUT2D eigenvalue weighted by Gasteiger charge is 2.19. The fraction of sp³-hybridized carbons (Fsp3) is 0.562. The van der Waals surface area contributed by atoms with Crippen LogP contribution >= 0.6 is 0 Å². The molecule has 1 rings (SSSR count). The highest BCUT2D eigenvalue weighted by atomic mass is 16.2. The van der Waals surface area contributed by atoms with E-state index in [4.69, 9.17) is 5.73 Å². The summed E-state index contributed by atoms with van der Waals surface area (Å²) < 4.78 is 0. The van der Waals surface area contributed by atoms with E-state index in [1.165, 1.54) is 5.56 Å². The molecule has 1 aromatic rings. The van der Waals surface area contributed by atoms with Crippen molar-refractivity contribution in [3.8, 4) is 0 Å². The predicted molar refractivity (Wildman–Crippen MR) is 81.2 cm³/mol. The molecule has 3 nitrogen and oxygen atoms in total. The van der Waals surface area contributed by atoms with Crippen molar-refractivity contribution in [3.63, 3.8) is 0 Å². The second-order valence-electron chi connectivity index (χ2n) is 5.33. The van der Waals surface area contributed by atoms with Crippen LogP contribution in [-0.4, -0.2) is 11.9 Å². The van der Waals surface area contributed by atoms with Crippen molar-refractivity contribution >= 4 is 11.6 Å². The Balaban J connectivity index is 2.65. The Morgan fingerprint density at radius 3 is 2.21 bits per heavy atom. The Hall–Kier alpha value is -1.35. The first kappa shape index (κ1) is 15.7. The average Bonchev–Trinajstić information content (AvgIpc) is 2.45. The summed E-state index contributed by atoms with van der Waals surface area (Å²) in [6, 6.07) is 7.59. The number of carbonyl (C=O) groups is 1. The van der Waals surface area contributed by atoms with Crippen molar-refractivity contribution in [3.05, 3.63) is 29.8 Å². The fourth-order valence-electron chi connectivity index (χ4n) is 1.87. The lowest BCUT2D eigenvalue weighted by Gasteiger charge is -2.18. The van der Waals surface area contributed by atoms with Crippen LogP contribution < -0.4 is 11.1 Å². The Morgan fingerprint density at radius 2 is 1.74 bits per heavy atom. The van der Waals surface area contributed by atoms with Crippen molar-refractivity contribution in [2.24, 2.45) is 11.7 Å². The molecular weight excluding hydrogens is 236 g/mol. The molecule has 3 unspecified atom stereocenters. The molecule has 0 aliphatic carbocycles. The Kier molecular flexibility index (Phi) is 6.03. The number of anilines is 1. The van der Waals surface area contributed by atoms with E-state index in [0.717, 1.165) is 18.5 Å². The first-order valence-corrected chi connectivity index (χ1v) is 7.15. The summed E-state index contributed by atoms with van der Waals surface area (Å²) in [6.07, 6.45) is 2.02. The van der Waals surface area contributed by atoms with Gasteiger partial charge in [-0.2, -0.15) is 0 Å². The van der Waals surface area contributed by atoms with Crippen LogP contribution in [0.4, 0.5) is 5.69 Å². The minimum absolute atomic E-state index is 0.106. The van der Waals surface area contributed by atoms with Gasteiger partial charge in [-0.05, 0) is 36.0 Å². The van der Waals surface area contributed by atoms with E-state index in [1.807, 2.05) is 26.0 Å². The Bertz CT molecular complexity index is 400. The fourth-order valence-corrected chi connectivity index (χ4v) is 1.87. The van der Waals surface area contributed by atoms with Gasteiger partial charge in [-0.15, -0.1) is 0 Å². The van der Waals surface area contributed by atoms with Crippen molar-refractivity contribution in [2.75, 3.05) is 5.32 Å². The van der Waals surface area contributed by atoms with Crippen LogP contribution in [0.5, 0.6) is 0 Å². The summed E-state index contributed by atoms with van der Waals surface area (Å²) in [6.45, 7) is 8.41. The number of carbonyl (C=O) groups excluding carboxylic acids is 1. The number of hydrogen-bond acceptors (Lipinski definition) is 2. The molecule has 0 saturated carbocycles. The summed E-state index contributed by atoms with van der Waals surface area (Å²) in [4.78, 5) is 12.0. The molecular formula is C16H26N2O. The number of nitrogens with one attached hydrogen (secondary N) is 1. The zero-order valence-corrected chi connectivity index (χ0v) is 12.4. The maximum atomic E-state index is 12.0. The Labute approximate surface area is 116 Å². The van der Waals surface area contributed by atoms with Gasteiger partial charge < -0.3 is 11.1 Å². The zero-order chi connectivity index (χ0) is 14.4.